The molecule has 186 valence electrons. The number of nitrogens with one attached hydrogen (secondary N) is 1. The van der Waals surface area contributed by atoms with Gasteiger partial charge in [-0.15, -0.1) is 0 Å². The van der Waals surface area contributed by atoms with Gasteiger partial charge in [-0.25, -0.2) is 4.31 Å². The third-order valence-electron chi connectivity index (χ3n) is 5.66. The van der Waals surface area contributed by atoms with Crippen molar-refractivity contribution in [1.29, 1.82) is 0 Å². The smallest absolute Gasteiger partial charge is 0.304 e. The van der Waals surface area contributed by atoms with Crippen LogP contribution in [0.15, 0.2) is 54.6 Å². The summed E-state index contributed by atoms with van der Waals surface area (Å²) < 4.78 is 28.3. The molecule has 9 heteroatoms. The fourth-order valence-corrected chi connectivity index (χ4v) is 4.46. The predicted octanol–water partition coefficient (Wildman–Crippen LogP) is 2.94. The predicted molar refractivity (Wildman–Crippen MR) is 136 cm³/mol. The standard InChI is InChI=1S/C25H36N4O4S/c1-6-7-17-26-25(31)21(3)28(18-22-14-12-11-13-20(22)2)24(30)19-29(34(32,33)27(4)5)23-15-9-8-10-16-23/h8-16,21H,6-7,17-19H2,1-5H3,(H,26,31)/t21-/m1/s1. The summed E-state index contributed by atoms with van der Waals surface area (Å²) >= 11 is 0. The van der Waals surface area contributed by atoms with Gasteiger partial charge in [-0.05, 0) is 43.5 Å². The number of benzene rings is 2. The number of para-hydroxylation sites is 1. The van der Waals surface area contributed by atoms with E-state index in [0.717, 1.165) is 32.6 Å². The van der Waals surface area contributed by atoms with Gasteiger partial charge >= 0.3 is 10.2 Å². The van der Waals surface area contributed by atoms with E-state index in [2.05, 4.69) is 5.32 Å². The van der Waals surface area contributed by atoms with Gasteiger partial charge in [0.15, 0.2) is 0 Å². The van der Waals surface area contributed by atoms with Gasteiger partial charge in [0.1, 0.15) is 12.6 Å². The topological polar surface area (TPSA) is 90.0 Å². The molecule has 0 aliphatic heterocycles. The van der Waals surface area contributed by atoms with Crippen LogP contribution in [0.1, 0.15) is 37.8 Å². The Kier molecular flexibility index (Phi) is 10.1. The minimum atomic E-state index is -3.95. The summed E-state index contributed by atoms with van der Waals surface area (Å²) in [7, 11) is -1.10. The van der Waals surface area contributed by atoms with E-state index in [9.17, 15) is 18.0 Å². The zero-order chi connectivity index (χ0) is 25.3. The summed E-state index contributed by atoms with van der Waals surface area (Å²) in [6.07, 6.45) is 1.78. The van der Waals surface area contributed by atoms with Gasteiger partial charge in [0, 0.05) is 27.2 Å². The van der Waals surface area contributed by atoms with E-state index in [1.165, 1.54) is 19.0 Å². The highest BCUT2D eigenvalue weighted by atomic mass is 32.2. The van der Waals surface area contributed by atoms with Crippen LogP contribution >= 0.6 is 0 Å². The number of unbranched alkanes of at least 4 members (excludes halogenated alkanes) is 1. The summed E-state index contributed by atoms with van der Waals surface area (Å²) in [6.45, 7) is 5.94. The van der Waals surface area contributed by atoms with Crippen molar-refractivity contribution in [3.8, 4) is 0 Å². The Balaban J connectivity index is 2.40. The summed E-state index contributed by atoms with van der Waals surface area (Å²) in [5, 5.41) is 2.88. The highest BCUT2D eigenvalue weighted by molar-refractivity contribution is 7.90. The van der Waals surface area contributed by atoms with E-state index in [0.29, 0.717) is 12.2 Å². The highest BCUT2D eigenvalue weighted by Gasteiger charge is 2.32. The molecule has 8 nitrogen and oxygen atoms in total. The van der Waals surface area contributed by atoms with E-state index in [1.807, 2.05) is 38.1 Å². The molecule has 0 aliphatic carbocycles. The van der Waals surface area contributed by atoms with Gasteiger partial charge < -0.3 is 10.2 Å². The molecule has 1 atom stereocenters. The molecule has 0 heterocycles. The summed E-state index contributed by atoms with van der Waals surface area (Å²) in [5.41, 5.74) is 2.26. The summed E-state index contributed by atoms with van der Waals surface area (Å²) in [5.74, 6) is -0.729. The first kappa shape index (κ1) is 27.3. The van der Waals surface area contributed by atoms with Crippen molar-refractivity contribution in [2.45, 2.75) is 46.2 Å². The van der Waals surface area contributed by atoms with Crippen LogP contribution in [0.25, 0.3) is 0 Å². The third kappa shape index (κ3) is 7.04. The molecule has 2 aromatic carbocycles. The van der Waals surface area contributed by atoms with Crippen LogP contribution in [-0.4, -0.2) is 62.7 Å². The van der Waals surface area contributed by atoms with Gasteiger partial charge in [-0.3, -0.25) is 9.59 Å². The molecule has 0 radical (unpaired) electrons. The van der Waals surface area contributed by atoms with Gasteiger partial charge in [0.05, 0.1) is 5.69 Å². The lowest BCUT2D eigenvalue weighted by Gasteiger charge is -2.33. The quantitative estimate of drug-likeness (QED) is 0.465. The lowest BCUT2D eigenvalue weighted by atomic mass is 10.1. The first-order valence-electron chi connectivity index (χ1n) is 11.5. The fraction of sp³-hybridized carbons (Fsp3) is 0.440. The molecule has 0 bridgehead atoms. The van der Waals surface area contributed by atoms with Crippen molar-refractivity contribution in [2.75, 3.05) is 31.5 Å². The monoisotopic (exact) mass is 488 g/mol. The zero-order valence-corrected chi connectivity index (χ0v) is 21.5. The molecule has 2 amide bonds. The van der Waals surface area contributed by atoms with E-state index in [-0.39, 0.29) is 12.5 Å². The molecule has 0 unspecified atom stereocenters. The van der Waals surface area contributed by atoms with Crippen LogP contribution in [-0.2, 0) is 26.3 Å². The average molecular weight is 489 g/mol. The molecule has 0 spiro atoms. The first-order chi connectivity index (χ1) is 16.1. The second-order valence-electron chi connectivity index (χ2n) is 8.40. The average Bonchev–Trinajstić information content (AvgIpc) is 2.81. The second-order valence-corrected chi connectivity index (χ2v) is 10.5. The molecule has 0 aliphatic rings. The zero-order valence-electron chi connectivity index (χ0n) is 20.7. The highest BCUT2D eigenvalue weighted by Crippen LogP contribution is 2.21. The van der Waals surface area contributed by atoms with Crippen molar-refractivity contribution >= 4 is 27.7 Å². The molecule has 0 fully saturated rings. The maximum absolute atomic E-state index is 13.6. The molecule has 34 heavy (non-hydrogen) atoms. The van der Waals surface area contributed by atoms with E-state index < -0.39 is 28.7 Å². The first-order valence-corrected chi connectivity index (χ1v) is 12.9. The van der Waals surface area contributed by atoms with Crippen molar-refractivity contribution in [3.05, 3.63) is 65.7 Å². The number of rotatable bonds is 12. The van der Waals surface area contributed by atoms with Crippen LogP contribution in [0.4, 0.5) is 5.69 Å². The molecule has 2 aromatic rings. The van der Waals surface area contributed by atoms with E-state index in [4.69, 9.17) is 0 Å². The minimum Gasteiger partial charge on any atom is -0.354 e. The van der Waals surface area contributed by atoms with Crippen molar-refractivity contribution in [3.63, 3.8) is 0 Å². The van der Waals surface area contributed by atoms with Gasteiger partial charge in [-0.2, -0.15) is 12.7 Å². The van der Waals surface area contributed by atoms with Crippen LogP contribution in [0.3, 0.4) is 0 Å². The molecule has 0 saturated heterocycles. The lowest BCUT2D eigenvalue weighted by molar-refractivity contribution is -0.139. The van der Waals surface area contributed by atoms with Crippen molar-refractivity contribution < 1.29 is 18.0 Å². The van der Waals surface area contributed by atoms with E-state index >= 15 is 0 Å². The fourth-order valence-electron chi connectivity index (χ4n) is 3.40. The lowest BCUT2D eigenvalue weighted by Crippen LogP contribution is -2.52. The molecule has 2 rings (SSSR count). The number of anilines is 1. The molecular formula is C25H36N4O4S. The number of aryl methyl sites for hydroxylation is 1. The summed E-state index contributed by atoms with van der Waals surface area (Å²) in [6, 6.07) is 15.3. The summed E-state index contributed by atoms with van der Waals surface area (Å²) in [4.78, 5) is 27.9. The molecule has 1 N–H and O–H groups in total. The van der Waals surface area contributed by atoms with Crippen LogP contribution in [0.2, 0.25) is 0 Å². The Bertz CT molecular complexity index is 1060. The van der Waals surface area contributed by atoms with Crippen LogP contribution < -0.4 is 9.62 Å². The number of hydrogen-bond donors (Lipinski definition) is 1. The Morgan fingerprint density at radius 3 is 2.21 bits per heavy atom. The number of carbonyl (C=O) groups is 2. The van der Waals surface area contributed by atoms with Crippen LogP contribution in [0, 0.1) is 6.92 Å². The second kappa shape index (κ2) is 12.5. The molecule has 0 aromatic heterocycles. The van der Waals surface area contributed by atoms with Crippen molar-refractivity contribution in [1.82, 2.24) is 14.5 Å². The number of nitrogens with zero attached hydrogens (tertiary/aromatic N) is 3. The van der Waals surface area contributed by atoms with Crippen LogP contribution in [0.5, 0.6) is 0 Å². The molecular weight excluding hydrogens is 452 g/mol. The minimum absolute atomic E-state index is 0.193. The van der Waals surface area contributed by atoms with Gasteiger partial charge in [0.2, 0.25) is 11.8 Å². The van der Waals surface area contributed by atoms with Gasteiger partial charge in [0.25, 0.3) is 0 Å². The number of hydrogen-bond acceptors (Lipinski definition) is 4. The Labute approximate surface area is 203 Å². The van der Waals surface area contributed by atoms with Crippen molar-refractivity contribution in [2.24, 2.45) is 0 Å². The molecule has 0 saturated carbocycles. The number of amides is 2. The SMILES string of the molecule is CCCCNC(=O)[C@@H](C)N(Cc1ccccc1C)C(=O)CN(c1ccccc1)S(=O)(=O)N(C)C. The third-order valence-corrected chi connectivity index (χ3v) is 7.48. The number of carbonyl (C=O) groups excluding carboxylic acids is 2. The Morgan fingerprint density at radius 2 is 1.62 bits per heavy atom. The maximum Gasteiger partial charge on any atom is 0.304 e. The normalized spacial score (nSPS) is 12.3. The Morgan fingerprint density at radius 1 is 1.00 bits per heavy atom. The Hall–Kier alpha value is -2.91. The maximum atomic E-state index is 13.6. The largest absolute Gasteiger partial charge is 0.354 e. The van der Waals surface area contributed by atoms with E-state index in [1.54, 1.807) is 37.3 Å². The van der Waals surface area contributed by atoms with Gasteiger partial charge in [-0.1, -0.05) is 55.8 Å².